The summed E-state index contributed by atoms with van der Waals surface area (Å²) in [6.07, 6.45) is 0.676. The molecular formula is C12H11NO2S. The summed E-state index contributed by atoms with van der Waals surface area (Å²) in [6.45, 7) is 1.93. The molecule has 0 saturated carbocycles. The summed E-state index contributed by atoms with van der Waals surface area (Å²) in [7, 11) is 0. The Morgan fingerprint density at radius 2 is 2.19 bits per heavy atom. The minimum absolute atomic E-state index is 0.211. The predicted octanol–water partition coefficient (Wildman–Crippen LogP) is 3.89. The molecule has 1 aromatic carbocycles. The average molecular weight is 233 g/mol. The second kappa shape index (κ2) is 4.45. The molecule has 1 aromatic heterocycles. The minimum atomic E-state index is -0.322. The molecule has 0 aliphatic rings. The van der Waals surface area contributed by atoms with Crippen molar-refractivity contribution >= 4 is 17.0 Å². The molecule has 0 N–H and O–H groups in total. The van der Waals surface area contributed by atoms with Gasteiger partial charge in [0.15, 0.2) is 0 Å². The molecule has 1 heterocycles. The van der Waals surface area contributed by atoms with Gasteiger partial charge in [0.2, 0.25) is 0 Å². The lowest BCUT2D eigenvalue weighted by Crippen LogP contribution is -1.94. The van der Waals surface area contributed by atoms with Gasteiger partial charge in [-0.05, 0) is 35.6 Å². The predicted molar refractivity (Wildman–Crippen MR) is 65.8 cm³/mol. The number of hydrogen-bond donors (Lipinski definition) is 0. The number of hydrogen-bond acceptors (Lipinski definition) is 3. The van der Waals surface area contributed by atoms with Gasteiger partial charge in [0, 0.05) is 16.5 Å². The molecule has 3 nitrogen and oxygen atoms in total. The summed E-state index contributed by atoms with van der Waals surface area (Å²) in [5.74, 6) is 0. The Morgan fingerprint density at radius 1 is 1.38 bits per heavy atom. The minimum Gasteiger partial charge on any atom is -0.258 e. The van der Waals surface area contributed by atoms with Crippen LogP contribution in [0.4, 0.5) is 5.69 Å². The molecule has 0 amide bonds. The molecule has 82 valence electrons. The lowest BCUT2D eigenvalue weighted by atomic mass is 10.1. The van der Waals surface area contributed by atoms with Gasteiger partial charge in [-0.15, -0.1) is 11.3 Å². The lowest BCUT2D eigenvalue weighted by Gasteiger charge is -2.02. The van der Waals surface area contributed by atoms with E-state index in [-0.39, 0.29) is 10.6 Å². The van der Waals surface area contributed by atoms with E-state index in [4.69, 9.17) is 0 Å². The SMILES string of the molecule is CCc1cc(-c2cccs2)ccc1[N+](=O)[O-]. The number of aryl methyl sites for hydroxylation is 1. The van der Waals surface area contributed by atoms with Gasteiger partial charge in [-0.1, -0.05) is 13.0 Å². The van der Waals surface area contributed by atoms with Crippen LogP contribution < -0.4 is 0 Å². The molecule has 0 unspecified atom stereocenters. The van der Waals surface area contributed by atoms with Crippen LogP contribution in [0, 0.1) is 10.1 Å². The number of thiophene rings is 1. The Morgan fingerprint density at radius 3 is 2.75 bits per heavy atom. The highest BCUT2D eigenvalue weighted by atomic mass is 32.1. The third-order valence-electron chi connectivity index (χ3n) is 2.46. The average Bonchev–Trinajstić information content (AvgIpc) is 2.81. The van der Waals surface area contributed by atoms with Gasteiger partial charge in [-0.3, -0.25) is 10.1 Å². The zero-order chi connectivity index (χ0) is 11.5. The number of nitro groups is 1. The van der Waals surface area contributed by atoms with E-state index in [9.17, 15) is 10.1 Å². The smallest absolute Gasteiger partial charge is 0.258 e. The molecule has 16 heavy (non-hydrogen) atoms. The molecule has 0 spiro atoms. The van der Waals surface area contributed by atoms with Crippen LogP contribution in [-0.4, -0.2) is 4.92 Å². The van der Waals surface area contributed by atoms with Crippen LogP contribution >= 0.6 is 11.3 Å². The second-order valence-electron chi connectivity index (χ2n) is 3.43. The van der Waals surface area contributed by atoms with Gasteiger partial charge in [0.1, 0.15) is 0 Å². The maximum Gasteiger partial charge on any atom is 0.272 e. The first-order chi connectivity index (χ1) is 7.72. The summed E-state index contributed by atoms with van der Waals surface area (Å²) in [6, 6.07) is 9.30. The van der Waals surface area contributed by atoms with Gasteiger partial charge in [-0.2, -0.15) is 0 Å². The Kier molecular flexibility index (Phi) is 3.01. The Bertz CT molecular complexity index is 506. The van der Waals surface area contributed by atoms with Crippen molar-refractivity contribution in [2.45, 2.75) is 13.3 Å². The fourth-order valence-electron chi connectivity index (χ4n) is 1.64. The zero-order valence-corrected chi connectivity index (χ0v) is 9.66. The van der Waals surface area contributed by atoms with E-state index in [2.05, 4.69) is 0 Å². The highest BCUT2D eigenvalue weighted by molar-refractivity contribution is 7.13. The Hall–Kier alpha value is -1.68. The number of nitro benzene ring substituents is 1. The van der Waals surface area contributed by atoms with Crippen LogP contribution in [0.25, 0.3) is 10.4 Å². The number of benzene rings is 1. The maximum atomic E-state index is 10.8. The van der Waals surface area contributed by atoms with Crippen LogP contribution in [0.15, 0.2) is 35.7 Å². The first-order valence-corrected chi connectivity index (χ1v) is 5.91. The van der Waals surface area contributed by atoms with Crippen molar-refractivity contribution in [2.24, 2.45) is 0 Å². The van der Waals surface area contributed by atoms with E-state index >= 15 is 0 Å². The van der Waals surface area contributed by atoms with E-state index < -0.39 is 0 Å². The third kappa shape index (κ3) is 1.97. The topological polar surface area (TPSA) is 43.1 Å². The normalized spacial score (nSPS) is 10.3. The fourth-order valence-corrected chi connectivity index (χ4v) is 2.37. The highest BCUT2D eigenvalue weighted by Gasteiger charge is 2.13. The molecule has 2 aromatic rings. The molecule has 0 aliphatic carbocycles. The van der Waals surface area contributed by atoms with Gasteiger partial charge in [0.05, 0.1) is 4.92 Å². The molecular weight excluding hydrogens is 222 g/mol. The van der Waals surface area contributed by atoms with Crippen molar-refractivity contribution in [1.29, 1.82) is 0 Å². The summed E-state index contributed by atoms with van der Waals surface area (Å²) in [5.41, 5.74) is 2.05. The Labute approximate surface area is 97.5 Å². The van der Waals surface area contributed by atoms with Crippen molar-refractivity contribution in [1.82, 2.24) is 0 Å². The first kappa shape index (κ1) is 10.8. The molecule has 4 heteroatoms. The van der Waals surface area contributed by atoms with Crippen LogP contribution in [0.2, 0.25) is 0 Å². The second-order valence-corrected chi connectivity index (χ2v) is 4.38. The van der Waals surface area contributed by atoms with Crippen molar-refractivity contribution in [2.75, 3.05) is 0 Å². The van der Waals surface area contributed by atoms with Crippen LogP contribution in [0.5, 0.6) is 0 Å². The highest BCUT2D eigenvalue weighted by Crippen LogP contribution is 2.29. The first-order valence-electron chi connectivity index (χ1n) is 5.03. The summed E-state index contributed by atoms with van der Waals surface area (Å²) in [5, 5.41) is 12.8. The summed E-state index contributed by atoms with van der Waals surface area (Å²) in [4.78, 5) is 11.6. The van der Waals surface area contributed by atoms with E-state index in [1.807, 2.05) is 36.6 Å². The van der Waals surface area contributed by atoms with Gasteiger partial charge >= 0.3 is 0 Å². The molecule has 0 atom stereocenters. The van der Waals surface area contributed by atoms with E-state index in [0.717, 1.165) is 16.0 Å². The van der Waals surface area contributed by atoms with E-state index in [1.54, 1.807) is 17.4 Å². The van der Waals surface area contributed by atoms with Crippen molar-refractivity contribution < 1.29 is 4.92 Å². The summed E-state index contributed by atoms with van der Waals surface area (Å²) >= 11 is 1.64. The zero-order valence-electron chi connectivity index (χ0n) is 8.84. The molecule has 0 bridgehead atoms. The third-order valence-corrected chi connectivity index (χ3v) is 3.38. The van der Waals surface area contributed by atoms with Crippen LogP contribution in [-0.2, 0) is 6.42 Å². The standard InChI is InChI=1S/C12H11NO2S/c1-2-9-8-10(12-4-3-7-16-12)5-6-11(9)13(14)15/h3-8H,2H2,1H3. The van der Waals surface area contributed by atoms with Gasteiger partial charge < -0.3 is 0 Å². The van der Waals surface area contributed by atoms with Crippen molar-refractivity contribution in [3.63, 3.8) is 0 Å². The largest absolute Gasteiger partial charge is 0.272 e. The monoisotopic (exact) mass is 233 g/mol. The van der Waals surface area contributed by atoms with E-state index in [0.29, 0.717) is 6.42 Å². The molecule has 0 fully saturated rings. The molecule has 2 rings (SSSR count). The Balaban J connectivity index is 2.49. The number of rotatable bonds is 3. The quantitative estimate of drug-likeness (QED) is 0.596. The van der Waals surface area contributed by atoms with Crippen molar-refractivity contribution in [3.8, 4) is 10.4 Å². The van der Waals surface area contributed by atoms with Gasteiger partial charge in [0.25, 0.3) is 5.69 Å². The fraction of sp³-hybridized carbons (Fsp3) is 0.167. The van der Waals surface area contributed by atoms with Crippen LogP contribution in [0.1, 0.15) is 12.5 Å². The molecule has 0 saturated heterocycles. The molecule has 0 radical (unpaired) electrons. The lowest BCUT2D eigenvalue weighted by molar-refractivity contribution is -0.385. The summed E-state index contributed by atoms with van der Waals surface area (Å²) < 4.78 is 0. The van der Waals surface area contributed by atoms with Gasteiger partial charge in [-0.25, -0.2) is 0 Å². The van der Waals surface area contributed by atoms with Crippen molar-refractivity contribution in [3.05, 3.63) is 51.4 Å². The number of nitrogens with zero attached hydrogens (tertiary/aromatic N) is 1. The van der Waals surface area contributed by atoms with Crippen LogP contribution in [0.3, 0.4) is 0 Å². The van der Waals surface area contributed by atoms with E-state index in [1.165, 1.54) is 0 Å². The molecule has 0 aliphatic heterocycles. The maximum absolute atomic E-state index is 10.8.